The number of anilines is 1. The van der Waals surface area contributed by atoms with E-state index < -0.39 is 0 Å². The lowest BCUT2D eigenvalue weighted by Crippen LogP contribution is -2.08. The Bertz CT molecular complexity index is 584. The quantitative estimate of drug-likeness (QED) is 0.888. The molecule has 0 saturated heterocycles. The molecule has 1 atom stereocenters. The summed E-state index contributed by atoms with van der Waals surface area (Å²) >= 11 is 0. The lowest BCUT2D eigenvalue weighted by molar-refractivity contribution is 0.357. The van der Waals surface area contributed by atoms with Crippen molar-refractivity contribution in [1.82, 2.24) is 10.2 Å². The van der Waals surface area contributed by atoms with Gasteiger partial charge in [-0.05, 0) is 44.0 Å². The van der Waals surface area contributed by atoms with Gasteiger partial charge in [0.25, 0.3) is 0 Å². The van der Waals surface area contributed by atoms with Crippen LogP contribution < -0.4 is 10.1 Å². The van der Waals surface area contributed by atoms with E-state index in [1.165, 1.54) is 11.1 Å². The van der Waals surface area contributed by atoms with Gasteiger partial charge in [-0.1, -0.05) is 6.07 Å². The molecule has 0 bridgehead atoms. The Kier molecular flexibility index (Phi) is 2.93. The minimum atomic E-state index is 0.251. The van der Waals surface area contributed by atoms with Crippen molar-refractivity contribution in [2.24, 2.45) is 0 Å². The highest BCUT2D eigenvalue weighted by atomic mass is 16.5. The van der Waals surface area contributed by atoms with Crippen molar-refractivity contribution < 1.29 is 4.74 Å². The zero-order chi connectivity index (χ0) is 13.4. The molecule has 0 aliphatic carbocycles. The van der Waals surface area contributed by atoms with E-state index >= 15 is 0 Å². The number of aromatic amines is 1. The third kappa shape index (κ3) is 2.18. The number of rotatable bonds is 3. The van der Waals surface area contributed by atoms with E-state index in [0.29, 0.717) is 0 Å². The molecule has 19 heavy (non-hydrogen) atoms. The number of hydrogen-bond donors (Lipinski definition) is 2. The topological polar surface area (TPSA) is 49.9 Å². The highest BCUT2D eigenvalue weighted by Gasteiger charge is 2.16. The van der Waals surface area contributed by atoms with Crippen LogP contribution in [0.15, 0.2) is 18.2 Å². The van der Waals surface area contributed by atoms with Crippen LogP contribution in [0.2, 0.25) is 0 Å². The Morgan fingerprint density at radius 1 is 1.37 bits per heavy atom. The zero-order valence-electron chi connectivity index (χ0n) is 11.6. The third-order valence-corrected chi connectivity index (χ3v) is 3.70. The van der Waals surface area contributed by atoms with E-state index in [4.69, 9.17) is 4.74 Å². The molecule has 4 heteroatoms. The number of hydrogen-bond acceptors (Lipinski definition) is 3. The van der Waals surface area contributed by atoms with Crippen molar-refractivity contribution in [1.29, 1.82) is 0 Å². The van der Waals surface area contributed by atoms with E-state index in [1.54, 1.807) is 0 Å². The standard InChI is InChI=1S/C15H19N3O/c1-9(16-15-10(2)17-18-11(15)3)12-4-5-14-13(8-12)6-7-19-14/h4-5,8-9,16H,6-7H2,1-3H3,(H,17,18). The highest BCUT2D eigenvalue weighted by molar-refractivity contribution is 5.53. The van der Waals surface area contributed by atoms with Gasteiger partial charge < -0.3 is 10.1 Å². The Balaban J connectivity index is 1.82. The number of H-pyrrole nitrogens is 1. The summed E-state index contributed by atoms with van der Waals surface area (Å²) in [6.45, 7) is 7.02. The molecule has 0 saturated carbocycles. The smallest absolute Gasteiger partial charge is 0.122 e. The normalized spacial score (nSPS) is 14.9. The Labute approximate surface area is 113 Å². The van der Waals surface area contributed by atoms with Gasteiger partial charge in [-0.15, -0.1) is 0 Å². The third-order valence-electron chi connectivity index (χ3n) is 3.70. The van der Waals surface area contributed by atoms with Crippen molar-refractivity contribution in [3.8, 4) is 5.75 Å². The summed E-state index contributed by atoms with van der Waals surface area (Å²) in [5, 5.41) is 10.7. The van der Waals surface area contributed by atoms with E-state index in [0.717, 1.165) is 35.9 Å². The first-order valence-corrected chi connectivity index (χ1v) is 6.69. The lowest BCUT2D eigenvalue weighted by Gasteiger charge is -2.16. The number of nitrogens with zero attached hydrogens (tertiary/aromatic N) is 1. The molecule has 0 spiro atoms. The fraction of sp³-hybridized carbons (Fsp3) is 0.400. The van der Waals surface area contributed by atoms with E-state index in [1.807, 2.05) is 13.8 Å². The summed E-state index contributed by atoms with van der Waals surface area (Å²) in [5.41, 5.74) is 5.78. The average molecular weight is 257 g/mol. The zero-order valence-corrected chi connectivity index (χ0v) is 11.6. The van der Waals surface area contributed by atoms with Crippen molar-refractivity contribution in [2.45, 2.75) is 33.2 Å². The summed E-state index contributed by atoms with van der Waals surface area (Å²) in [7, 11) is 0. The molecular formula is C15H19N3O. The monoisotopic (exact) mass is 257 g/mol. The van der Waals surface area contributed by atoms with Gasteiger partial charge in [0.05, 0.1) is 23.7 Å². The number of benzene rings is 1. The molecule has 2 N–H and O–H groups in total. The van der Waals surface area contributed by atoms with Crippen molar-refractivity contribution in [2.75, 3.05) is 11.9 Å². The second-order valence-electron chi connectivity index (χ2n) is 5.14. The Morgan fingerprint density at radius 3 is 2.95 bits per heavy atom. The second kappa shape index (κ2) is 4.61. The van der Waals surface area contributed by atoms with Gasteiger partial charge in [0.15, 0.2) is 0 Å². The van der Waals surface area contributed by atoms with Crippen LogP contribution in [0.3, 0.4) is 0 Å². The van der Waals surface area contributed by atoms with Crippen molar-refractivity contribution in [3.63, 3.8) is 0 Å². The molecule has 1 unspecified atom stereocenters. The minimum Gasteiger partial charge on any atom is -0.493 e. The summed E-state index contributed by atoms with van der Waals surface area (Å²) in [4.78, 5) is 0. The van der Waals surface area contributed by atoms with E-state index in [9.17, 15) is 0 Å². The predicted octanol–water partition coefficient (Wildman–Crippen LogP) is 3.13. The molecule has 0 radical (unpaired) electrons. The van der Waals surface area contributed by atoms with Gasteiger partial charge >= 0.3 is 0 Å². The van der Waals surface area contributed by atoms with Crippen LogP contribution in [-0.2, 0) is 6.42 Å². The van der Waals surface area contributed by atoms with Crippen LogP contribution in [0.4, 0.5) is 5.69 Å². The van der Waals surface area contributed by atoms with Gasteiger partial charge in [0.2, 0.25) is 0 Å². The van der Waals surface area contributed by atoms with Crippen LogP contribution in [0.5, 0.6) is 5.75 Å². The van der Waals surface area contributed by atoms with Gasteiger partial charge in [-0.3, -0.25) is 5.10 Å². The first-order valence-electron chi connectivity index (χ1n) is 6.69. The first-order chi connectivity index (χ1) is 9.15. The number of ether oxygens (including phenoxy) is 1. The molecule has 1 aromatic carbocycles. The fourth-order valence-electron chi connectivity index (χ4n) is 2.54. The molecule has 2 aromatic rings. The summed E-state index contributed by atoms with van der Waals surface area (Å²) in [6, 6.07) is 6.70. The van der Waals surface area contributed by atoms with Gasteiger partial charge in [-0.25, -0.2) is 0 Å². The van der Waals surface area contributed by atoms with Gasteiger partial charge in [0.1, 0.15) is 5.75 Å². The largest absolute Gasteiger partial charge is 0.493 e. The second-order valence-corrected chi connectivity index (χ2v) is 5.14. The maximum atomic E-state index is 5.54. The number of aromatic nitrogens is 2. The Hall–Kier alpha value is -1.97. The molecule has 1 aliphatic rings. The molecule has 1 aromatic heterocycles. The van der Waals surface area contributed by atoms with E-state index in [2.05, 4.69) is 40.6 Å². The van der Waals surface area contributed by atoms with Crippen LogP contribution in [0.25, 0.3) is 0 Å². The summed E-state index contributed by atoms with van der Waals surface area (Å²) in [5.74, 6) is 1.03. The highest BCUT2D eigenvalue weighted by Crippen LogP contribution is 2.30. The molecule has 100 valence electrons. The lowest BCUT2D eigenvalue weighted by atomic mass is 10.0. The molecule has 1 aliphatic heterocycles. The van der Waals surface area contributed by atoms with Gasteiger partial charge in [0, 0.05) is 12.5 Å². The maximum absolute atomic E-state index is 5.54. The molecule has 0 fully saturated rings. The molecule has 2 heterocycles. The number of fused-ring (bicyclic) bond motifs is 1. The SMILES string of the molecule is Cc1n[nH]c(C)c1NC(C)c1ccc2c(c1)CCO2. The van der Waals surface area contributed by atoms with E-state index in [-0.39, 0.29) is 6.04 Å². The molecular weight excluding hydrogens is 238 g/mol. The van der Waals surface area contributed by atoms with Crippen LogP contribution in [-0.4, -0.2) is 16.8 Å². The molecule has 3 rings (SSSR count). The Morgan fingerprint density at radius 2 is 2.21 bits per heavy atom. The van der Waals surface area contributed by atoms with Crippen LogP contribution in [0, 0.1) is 13.8 Å². The maximum Gasteiger partial charge on any atom is 0.122 e. The number of nitrogens with one attached hydrogen (secondary N) is 2. The average Bonchev–Trinajstić information content (AvgIpc) is 2.99. The predicted molar refractivity (Wildman–Crippen MR) is 75.7 cm³/mol. The number of aryl methyl sites for hydroxylation is 2. The van der Waals surface area contributed by atoms with Gasteiger partial charge in [-0.2, -0.15) is 5.10 Å². The van der Waals surface area contributed by atoms with Crippen LogP contribution >= 0.6 is 0 Å². The summed E-state index contributed by atoms with van der Waals surface area (Å²) in [6.07, 6.45) is 1.01. The van der Waals surface area contributed by atoms with Crippen molar-refractivity contribution >= 4 is 5.69 Å². The minimum absolute atomic E-state index is 0.251. The van der Waals surface area contributed by atoms with Crippen molar-refractivity contribution in [3.05, 3.63) is 40.7 Å². The van der Waals surface area contributed by atoms with Crippen LogP contribution in [0.1, 0.15) is 35.5 Å². The summed E-state index contributed by atoms with van der Waals surface area (Å²) < 4.78 is 5.54. The molecule has 4 nitrogen and oxygen atoms in total. The first kappa shape index (κ1) is 12.1. The molecule has 0 amide bonds. The fourth-order valence-corrected chi connectivity index (χ4v) is 2.54.